The van der Waals surface area contributed by atoms with Crippen LogP contribution in [0.5, 0.6) is 5.75 Å². The van der Waals surface area contributed by atoms with Crippen LogP contribution in [-0.4, -0.2) is 12.4 Å². The molecule has 0 heterocycles. The number of rotatable bonds is 4. The Labute approximate surface area is 125 Å². The fraction of sp³-hybridized carbons (Fsp3) is 0.562. The molecule has 1 aliphatic carbocycles. The Morgan fingerprint density at radius 3 is 2.50 bits per heavy atom. The molecular formula is C16H20FNOS. The molecule has 0 unspecified atom stereocenters. The highest BCUT2D eigenvalue weighted by atomic mass is 32.1. The van der Waals surface area contributed by atoms with E-state index in [1.807, 2.05) is 6.07 Å². The average molecular weight is 293 g/mol. The fourth-order valence-electron chi connectivity index (χ4n) is 2.74. The van der Waals surface area contributed by atoms with Gasteiger partial charge in [-0.2, -0.15) is 17.9 Å². The van der Waals surface area contributed by atoms with Crippen LogP contribution in [0.2, 0.25) is 0 Å². The molecule has 0 spiro atoms. The number of hydrogen-bond acceptors (Lipinski definition) is 3. The summed E-state index contributed by atoms with van der Waals surface area (Å²) in [5.41, 5.74) is 0.153. The van der Waals surface area contributed by atoms with Gasteiger partial charge in [-0.3, -0.25) is 0 Å². The molecule has 0 saturated heterocycles. The van der Waals surface area contributed by atoms with Gasteiger partial charge in [-0.25, -0.2) is 4.39 Å². The third-order valence-corrected chi connectivity index (χ3v) is 4.78. The molecule has 0 aromatic heterocycles. The summed E-state index contributed by atoms with van der Waals surface area (Å²) in [5.74, 6) is 0.767. The number of ether oxygens (including phenoxy) is 1. The van der Waals surface area contributed by atoms with Crippen LogP contribution in [0.15, 0.2) is 18.2 Å². The van der Waals surface area contributed by atoms with Crippen molar-refractivity contribution < 1.29 is 9.13 Å². The molecule has 2 nitrogen and oxygen atoms in total. The normalized spacial score (nSPS) is 18.1. The molecule has 0 N–H and O–H groups in total. The lowest BCUT2D eigenvalue weighted by Crippen LogP contribution is -2.30. The second kappa shape index (κ2) is 6.99. The summed E-state index contributed by atoms with van der Waals surface area (Å²) < 4.78 is 19.3. The van der Waals surface area contributed by atoms with Crippen molar-refractivity contribution in [2.24, 2.45) is 5.41 Å². The van der Waals surface area contributed by atoms with E-state index in [4.69, 9.17) is 10.00 Å². The number of thiol groups is 1. The Morgan fingerprint density at radius 1 is 1.25 bits per heavy atom. The van der Waals surface area contributed by atoms with Crippen molar-refractivity contribution in [2.45, 2.75) is 38.5 Å². The molecule has 20 heavy (non-hydrogen) atoms. The van der Waals surface area contributed by atoms with Gasteiger partial charge < -0.3 is 4.74 Å². The van der Waals surface area contributed by atoms with Crippen molar-refractivity contribution in [1.29, 1.82) is 5.26 Å². The van der Waals surface area contributed by atoms with E-state index in [0.717, 1.165) is 18.6 Å². The van der Waals surface area contributed by atoms with Gasteiger partial charge in [-0.05, 0) is 30.7 Å². The molecule has 1 aliphatic rings. The van der Waals surface area contributed by atoms with Gasteiger partial charge >= 0.3 is 0 Å². The van der Waals surface area contributed by atoms with Crippen molar-refractivity contribution >= 4 is 12.6 Å². The maximum atomic E-state index is 13.5. The van der Waals surface area contributed by atoms with Crippen LogP contribution >= 0.6 is 12.6 Å². The van der Waals surface area contributed by atoms with Crippen molar-refractivity contribution in [3.63, 3.8) is 0 Å². The Balaban J connectivity index is 2.02. The number of nitrogens with zero attached hydrogens (tertiary/aromatic N) is 1. The largest absolute Gasteiger partial charge is 0.493 e. The summed E-state index contributed by atoms with van der Waals surface area (Å²) in [6.45, 7) is 0.571. The third-order valence-electron chi connectivity index (χ3n) is 4.11. The van der Waals surface area contributed by atoms with Crippen LogP contribution in [0.3, 0.4) is 0 Å². The van der Waals surface area contributed by atoms with Gasteiger partial charge in [-0.1, -0.05) is 25.7 Å². The molecule has 0 atom stereocenters. The molecule has 4 heteroatoms. The van der Waals surface area contributed by atoms with Crippen LogP contribution < -0.4 is 4.74 Å². The van der Waals surface area contributed by atoms with Crippen LogP contribution in [-0.2, 0) is 0 Å². The highest BCUT2D eigenvalue weighted by Gasteiger charge is 2.30. The lowest BCUT2D eigenvalue weighted by atomic mass is 9.83. The van der Waals surface area contributed by atoms with E-state index < -0.39 is 5.82 Å². The second-order valence-electron chi connectivity index (χ2n) is 5.61. The van der Waals surface area contributed by atoms with E-state index in [-0.39, 0.29) is 11.0 Å². The molecule has 0 radical (unpaired) electrons. The lowest BCUT2D eigenvalue weighted by molar-refractivity contribution is 0.148. The maximum absolute atomic E-state index is 13.5. The average Bonchev–Trinajstić information content (AvgIpc) is 2.71. The Bertz CT molecular complexity index is 490. The molecule has 1 fully saturated rings. The first kappa shape index (κ1) is 15.2. The van der Waals surface area contributed by atoms with Gasteiger partial charge in [-0.15, -0.1) is 0 Å². The molecular weight excluding hydrogens is 273 g/mol. The van der Waals surface area contributed by atoms with Crippen molar-refractivity contribution in [3.05, 3.63) is 29.6 Å². The summed E-state index contributed by atoms with van der Waals surface area (Å²) in [7, 11) is 0. The Kier molecular flexibility index (Phi) is 5.31. The van der Waals surface area contributed by atoms with E-state index in [0.29, 0.717) is 12.4 Å². The van der Waals surface area contributed by atoms with E-state index >= 15 is 0 Å². The molecule has 0 aliphatic heterocycles. The molecule has 0 bridgehead atoms. The van der Waals surface area contributed by atoms with Crippen molar-refractivity contribution in [3.8, 4) is 11.8 Å². The van der Waals surface area contributed by atoms with Gasteiger partial charge in [0.05, 0.1) is 12.2 Å². The first-order valence-electron chi connectivity index (χ1n) is 7.12. The minimum atomic E-state index is -0.522. The third kappa shape index (κ3) is 3.67. The maximum Gasteiger partial charge on any atom is 0.144 e. The molecule has 2 rings (SSSR count). The Hall–Kier alpha value is -1.21. The molecule has 1 aromatic carbocycles. The predicted molar refractivity (Wildman–Crippen MR) is 80.6 cm³/mol. The quantitative estimate of drug-likeness (QED) is 0.661. The predicted octanol–water partition coefficient (Wildman–Crippen LogP) is 4.35. The summed E-state index contributed by atoms with van der Waals surface area (Å²) >= 11 is 4.50. The molecule has 1 saturated carbocycles. The van der Waals surface area contributed by atoms with E-state index in [1.165, 1.54) is 37.8 Å². The summed E-state index contributed by atoms with van der Waals surface area (Å²) in [6, 6.07) is 6.23. The minimum Gasteiger partial charge on any atom is -0.493 e. The van der Waals surface area contributed by atoms with Gasteiger partial charge in [0.25, 0.3) is 0 Å². The highest BCUT2D eigenvalue weighted by Crippen LogP contribution is 2.36. The van der Waals surface area contributed by atoms with Crippen LogP contribution in [0.4, 0.5) is 4.39 Å². The van der Waals surface area contributed by atoms with Crippen molar-refractivity contribution in [1.82, 2.24) is 0 Å². The van der Waals surface area contributed by atoms with Gasteiger partial charge in [0, 0.05) is 11.5 Å². The van der Waals surface area contributed by atoms with Gasteiger partial charge in [0.15, 0.2) is 0 Å². The van der Waals surface area contributed by atoms with Crippen LogP contribution in [0.1, 0.15) is 44.1 Å². The van der Waals surface area contributed by atoms with E-state index in [1.54, 1.807) is 6.07 Å². The number of hydrogen-bond donors (Lipinski definition) is 1. The van der Waals surface area contributed by atoms with E-state index in [2.05, 4.69) is 12.6 Å². The van der Waals surface area contributed by atoms with Crippen LogP contribution in [0.25, 0.3) is 0 Å². The fourth-order valence-corrected chi connectivity index (χ4v) is 3.15. The minimum absolute atomic E-state index is 0.0516. The summed E-state index contributed by atoms with van der Waals surface area (Å²) in [6.07, 6.45) is 7.23. The van der Waals surface area contributed by atoms with Gasteiger partial charge in [0.2, 0.25) is 0 Å². The molecule has 108 valence electrons. The zero-order chi connectivity index (χ0) is 14.4. The zero-order valence-corrected chi connectivity index (χ0v) is 12.5. The number of benzene rings is 1. The topological polar surface area (TPSA) is 33.0 Å². The Morgan fingerprint density at radius 2 is 1.95 bits per heavy atom. The number of halogens is 1. The zero-order valence-electron chi connectivity index (χ0n) is 11.6. The standard InChI is InChI=1S/C16H20FNOS/c17-15-9-14(6-5-13(15)10-18)19-11-16(12-20)7-3-1-2-4-8-16/h5-6,9,20H,1-4,7-8,11-12H2. The lowest BCUT2D eigenvalue weighted by Gasteiger charge is -2.30. The number of nitriles is 1. The summed E-state index contributed by atoms with van der Waals surface area (Å²) in [5, 5.41) is 8.71. The smallest absolute Gasteiger partial charge is 0.144 e. The highest BCUT2D eigenvalue weighted by molar-refractivity contribution is 7.80. The monoisotopic (exact) mass is 293 g/mol. The molecule has 0 amide bonds. The van der Waals surface area contributed by atoms with E-state index in [9.17, 15) is 4.39 Å². The first-order chi connectivity index (χ1) is 9.69. The van der Waals surface area contributed by atoms with Crippen molar-refractivity contribution in [2.75, 3.05) is 12.4 Å². The van der Waals surface area contributed by atoms with Gasteiger partial charge in [0.1, 0.15) is 17.6 Å². The first-order valence-corrected chi connectivity index (χ1v) is 7.76. The SMILES string of the molecule is N#Cc1ccc(OCC2(CS)CCCCCC2)cc1F. The summed E-state index contributed by atoms with van der Waals surface area (Å²) in [4.78, 5) is 0. The van der Waals surface area contributed by atoms with Crippen LogP contribution in [0, 0.1) is 22.6 Å². The second-order valence-corrected chi connectivity index (χ2v) is 5.93. The molecule has 1 aromatic rings.